The first-order valence-electron chi connectivity index (χ1n) is 19.4. The third-order valence-corrected chi connectivity index (χ3v) is 11.7. The van der Waals surface area contributed by atoms with Crippen LogP contribution in [0.4, 0.5) is 17.1 Å². The van der Waals surface area contributed by atoms with Crippen molar-refractivity contribution in [1.29, 1.82) is 0 Å². The van der Waals surface area contributed by atoms with Crippen LogP contribution in [0, 0.1) is 0 Å². The number of benzene rings is 10. The number of hydrogen-bond donors (Lipinski definition) is 0. The van der Waals surface area contributed by atoms with Gasteiger partial charge in [0, 0.05) is 27.2 Å². The van der Waals surface area contributed by atoms with Crippen LogP contribution in [0.2, 0.25) is 0 Å². The number of nitrogens with zero attached hydrogens (tertiary/aromatic N) is 1. The predicted octanol–water partition coefficient (Wildman–Crippen LogP) is 15.7. The Morgan fingerprint density at radius 2 is 0.860 bits per heavy atom. The molecule has 0 saturated heterocycles. The summed E-state index contributed by atoms with van der Waals surface area (Å²) in [5.74, 6) is 0. The molecule has 3 heteroatoms. The molecule has 0 N–H and O–H groups in total. The third-order valence-electron chi connectivity index (χ3n) is 11.7. The average molecular weight is 728 g/mol. The largest absolute Gasteiger partial charge is 0.456 e. The van der Waals surface area contributed by atoms with Crippen LogP contribution in [0.1, 0.15) is 0 Å². The molecule has 12 aromatic rings. The van der Waals surface area contributed by atoms with Crippen LogP contribution in [0.15, 0.2) is 209 Å². The second-order valence-electron chi connectivity index (χ2n) is 14.8. The van der Waals surface area contributed by atoms with Crippen LogP contribution in [-0.2, 0) is 0 Å². The molecule has 0 saturated carbocycles. The zero-order valence-electron chi connectivity index (χ0n) is 30.8. The van der Waals surface area contributed by atoms with E-state index in [0.717, 1.165) is 66.3 Å². The topological polar surface area (TPSA) is 29.5 Å². The minimum absolute atomic E-state index is 0.864. The van der Waals surface area contributed by atoms with E-state index in [4.69, 9.17) is 8.83 Å². The molecule has 0 aliphatic carbocycles. The smallest absolute Gasteiger partial charge is 0.137 e. The highest BCUT2D eigenvalue weighted by atomic mass is 16.3. The highest BCUT2D eigenvalue weighted by molar-refractivity contribution is 6.20. The molecule has 2 aromatic heterocycles. The SMILES string of the molecule is c1ccc2c(-c3ccc(N(c4cccc5c(-c6ccc7c(ccc8oc9ccccc9c87)c6)cccc45)c4cccc5oc6ccccc6c45)cc3)cccc2c1. The Morgan fingerprint density at radius 3 is 1.68 bits per heavy atom. The van der Waals surface area contributed by atoms with Crippen molar-refractivity contribution >= 4 is 93.3 Å². The summed E-state index contributed by atoms with van der Waals surface area (Å²) in [6, 6.07) is 71.7. The van der Waals surface area contributed by atoms with E-state index < -0.39 is 0 Å². The van der Waals surface area contributed by atoms with E-state index in [0.29, 0.717) is 0 Å². The quantitative estimate of drug-likeness (QED) is 0.177. The Hall–Kier alpha value is -7.62. The van der Waals surface area contributed by atoms with Crippen LogP contribution in [-0.4, -0.2) is 0 Å². The number of anilines is 3. The predicted molar refractivity (Wildman–Crippen MR) is 239 cm³/mol. The number of para-hydroxylation sites is 2. The molecule has 266 valence electrons. The van der Waals surface area contributed by atoms with Crippen LogP contribution in [0.25, 0.3) is 98.4 Å². The van der Waals surface area contributed by atoms with Gasteiger partial charge in [-0.2, -0.15) is 0 Å². The van der Waals surface area contributed by atoms with E-state index in [1.54, 1.807) is 0 Å². The fourth-order valence-electron chi connectivity index (χ4n) is 9.08. The Bertz CT molecular complexity index is 3530. The van der Waals surface area contributed by atoms with Gasteiger partial charge in [0.05, 0.1) is 16.8 Å². The second kappa shape index (κ2) is 12.5. The van der Waals surface area contributed by atoms with Gasteiger partial charge < -0.3 is 13.7 Å². The monoisotopic (exact) mass is 727 g/mol. The number of rotatable bonds is 5. The van der Waals surface area contributed by atoms with Crippen molar-refractivity contribution in [3.05, 3.63) is 200 Å². The molecular weight excluding hydrogens is 695 g/mol. The van der Waals surface area contributed by atoms with Gasteiger partial charge in [-0.1, -0.05) is 146 Å². The fraction of sp³-hybridized carbons (Fsp3) is 0. The minimum Gasteiger partial charge on any atom is -0.456 e. The van der Waals surface area contributed by atoms with E-state index in [1.165, 1.54) is 49.2 Å². The zero-order valence-corrected chi connectivity index (χ0v) is 30.8. The van der Waals surface area contributed by atoms with E-state index in [1.807, 2.05) is 18.2 Å². The summed E-state index contributed by atoms with van der Waals surface area (Å²) in [6.07, 6.45) is 0. The first-order chi connectivity index (χ1) is 28.3. The minimum atomic E-state index is 0.864. The van der Waals surface area contributed by atoms with Gasteiger partial charge in [0.15, 0.2) is 0 Å². The van der Waals surface area contributed by atoms with Gasteiger partial charge in [-0.15, -0.1) is 0 Å². The lowest BCUT2D eigenvalue weighted by Gasteiger charge is -2.28. The van der Waals surface area contributed by atoms with Crippen molar-refractivity contribution in [1.82, 2.24) is 0 Å². The lowest BCUT2D eigenvalue weighted by atomic mass is 9.94. The summed E-state index contributed by atoms with van der Waals surface area (Å²) in [5.41, 5.74) is 11.6. The van der Waals surface area contributed by atoms with E-state index in [2.05, 4.69) is 187 Å². The number of fused-ring (bicyclic) bond motifs is 10. The number of hydrogen-bond acceptors (Lipinski definition) is 3. The lowest BCUT2D eigenvalue weighted by Crippen LogP contribution is -2.11. The fourth-order valence-corrected chi connectivity index (χ4v) is 9.08. The summed E-state index contributed by atoms with van der Waals surface area (Å²) in [7, 11) is 0. The van der Waals surface area contributed by atoms with Crippen molar-refractivity contribution in [2.24, 2.45) is 0 Å². The lowest BCUT2D eigenvalue weighted by molar-refractivity contribution is 0.668. The molecule has 0 aliphatic heterocycles. The molecule has 0 fully saturated rings. The number of furan rings is 2. The molecule has 57 heavy (non-hydrogen) atoms. The molecular formula is C54H33NO2. The molecule has 0 unspecified atom stereocenters. The highest BCUT2D eigenvalue weighted by Gasteiger charge is 2.22. The van der Waals surface area contributed by atoms with Crippen molar-refractivity contribution in [3.63, 3.8) is 0 Å². The van der Waals surface area contributed by atoms with Gasteiger partial charge in [-0.3, -0.25) is 0 Å². The molecule has 2 heterocycles. The molecule has 10 aromatic carbocycles. The first kappa shape index (κ1) is 31.7. The Morgan fingerprint density at radius 1 is 0.298 bits per heavy atom. The summed E-state index contributed by atoms with van der Waals surface area (Å²) < 4.78 is 12.7. The standard InChI is InChI=1S/C54H33NO2/c1-2-13-39-34(11-1)12-7-16-40(39)35-25-29-38(30-26-35)55(48-21-10-24-51-54(48)46-15-4-6-23-50(46)56-51)47-20-9-18-43-41(17-8-19-44(43)47)36-27-31-42-37(33-36)28-32-52-53(42)45-14-3-5-22-49(45)57-52/h1-33H. The summed E-state index contributed by atoms with van der Waals surface area (Å²) in [5, 5.41) is 11.7. The maximum absolute atomic E-state index is 6.45. The van der Waals surface area contributed by atoms with Crippen molar-refractivity contribution in [2.75, 3.05) is 4.90 Å². The normalized spacial score (nSPS) is 11.9. The van der Waals surface area contributed by atoms with Gasteiger partial charge in [0.25, 0.3) is 0 Å². The van der Waals surface area contributed by atoms with Crippen LogP contribution in [0.3, 0.4) is 0 Å². The maximum Gasteiger partial charge on any atom is 0.137 e. The van der Waals surface area contributed by atoms with Crippen molar-refractivity contribution in [3.8, 4) is 22.3 Å². The Labute approximate surface area is 328 Å². The summed E-state index contributed by atoms with van der Waals surface area (Å²) in [6.45, 7) is 0. The van der Waals surface area contributed by atoms with Gasteiger partial charge in [-0.05, 0) is 104 Å². The third kappa shape index (κ3) is 4.92. The van der Waals surface area contributed by atoms with Gasteiger partial charge in [0.2, 0.25) is 0 Å². The van der Waals surface area contributed by atoms with Crippen molar-refractivity contribution < 1.29 is 8.83 Å². The second-order valence-corrected chi connectivity index (χ2v) is 14.8. The van der Waals surface area contributed by atoms with Crippen LogP contribution in [0.5, 0.6) is 0 Å². The average Bonchev–Trinajstić information content (AvgIpc) is 3.86. The van der Waals surface area contributed by atoms with Gasteiger partial charge in [-0.25, -0.2) is 0 Å². The zero-order chi connectivity index (χ0) is 37.5. The molecule has 0 spiro atoms. The van der Waals surface area contributed by atoms with Crippen molar-refractivity contribution in [2.45, 2.75) is 0 Å². The van der Waals surface area contributed by atoms with Crippen LogP contribution < -0.4 is 4.90 Å². The first-order valence-corrected chi connectivity index (χ1v) is 19.4. The molecule has 0 radical (unpaired) electrons. The molecule has 3 nitrogen and oxygen atoms in total. The van der Waals surface area contributed by atoms with E-state index in [-0.39, 0.29) is 0 Å². The van der Waals surface area contributed by atoms with Crippen LogP contribution >= 0.6 is 0 Å². The molecule has 0 amide bonds. The van der Waals surface area contributed by atoms with Gasteiger partial charge >= 0.3 is 0 Å². The Balaban J connectivity index is 1.06. The molecule has 0 bridgehead atoms. The summed E-state index contributed by atoms with van der Waals surface area (Å²) >= 11 is 0. The summed E-state index contributed by atoms with van der Waals surface area (Å²) in [4.78, 5) is 2.41. The van der Waals surface area contributed by atoms with E-state index in [9.17, 15) is 0 Å². The highest BCUT2D eigenvalue weighted by Crippen LogP contribution is 2.47. The maximum atomic E-state index is 6.45. The molecule has 0 atom stereocenters. The van der Waals surface area contributed by atoms with Gasteiger partial charge in [0.1, 0.15) is 22.3 Å². The van der Waals surface area contributed by atoms with E-state index >= 15 is 0 Å². The molecule has 0 aliphatic rings. The Kier molecular flexibility index (Phi) is 6.93. The molecule has 12 rings (SSSR count).